The minimum absolute atomic E-state index is 0.138. The van der Waals surface area contributed by atoms with Crippen molar-refractivity contribution in [1.29, 1.82) is 0 Å². The molecule has 0 saturated heterocycles. The van der Waals surface area contributed by atoms with E-state index >= 15 is 0 Å². The van der Waals surface area contributed by atoms with Crippen LogP contribution in [0.3, 0.4) is 0 Å². The summed E-state index contributed by atoms with van der Waals surface area (Å²) in [5.74, 6) is 0.208. The van der Waals surface area contributed by atoms with E-state index in [4.69, 9.17) is 0 Å². The van der Waals surface area contributed by atoms with Crippen LogP contribution in [0.15, 0.2) is 53.0 Å². The van der Waals surface area contributed by atoms with Gasteiger partial charge in [0.15, 0.2) is 0 Å². The Morgan fingerprint density at radius 1 is 1.04 bits per heavy atom. The molecule has 0 aromatic heterocycles. The first-order chi connectivity index (χ1) is 11.6. The zero-order chi connectivity index (χ0) is 17.1. The molecule has 0 aliphatic heterocycles. The van der Waals surface area contributed by atoms with Crippen molar-refractivity contribution in [3.05, 3.63) is 64.1 Å². The molecule has 3 rings (SSSR count). The standard InChI is InChI=1S/C18H18BrN3O2/c1-20-18(24)22-16-10-15(16)11-4-8-14(9-5-11)21-17(23)12-2-6-13(19)7-3-12/h2-9,15-16H,10H2,1H3,(H,21,23)(H2,20,22,24)/t15-,16+/m0/s1. The lowest BCUT2D eigenvalue weighted by Gasteiger charge is -2.07. The van der Waals surface area contributed by atoms with Gasteiger partial charge in [0, 0.05) is 34.7 Å². The van der Waals surface area contributed by atoms with Crippen molar-refractivity contribution in [3.63, 3.8) is 0 Å². The highest BCUT2D eigenvalue weighted by Crippen LogP contribution is 2.41. The Morgan fingerprint density at radius 2 is 1.71 bits per heavy atom. The summed E-state index contributed by atoms with van der Waals surface area (Å²) in [4.78, 5) is 23.5. The van der Waals surface area contributed by atoms with Gasteiger partial charge in [0.1, 0.15) is 0 Å². The van der Waals surface area contributed by atoms with E-state index in [2.05, 4.69) is 31.9 Å². The molecule has 0 unspecified atom stereocenters. The molecule has 0 spiro atoms. The second-order valence-corrected chi connectivity index (χ2v) is 6.67. The summed E-state index contributed by atoms with van der Waals surface area (Å²) in [7, 11) is 1.61. The summed E-state index contributed by atoms with van der Waals surface area (Å²) < 4.78 is 0.938. The van der Waals surface area contributed by atoms with Crippen molar-refractivity contribution < 1.29 is 9.59 Å². The molecule has 2 atom stereocenters. The van der Waals surface area contributed by atoms with Gasteiger partial charge in [0.25, 0.3) is 5.91 Å². The SMILES string of the molecule is CNC(=O)N[C@@H]1C[C@H]1c1ccc(NC(=O)c2ccc(Br)cc2)cc1. The number of carbonyl (C=O) groups is 2. The van der Waals surface area contributed by atoms with Gasteiger partial charge in [0.05, 0.1) is 0 Å². The topological polar surface area (TPSA) is 70.2 Å². The molecule has 1 saturated carbocycles. The van der Waals surface area contributed by atoms with Crippen molar-refractivity contribution in [3.8, 4) is 0 Å². The predicted octanol–water partition coefficient (Wildman–Crippen LogP) is 3.49. The van der Waals surface area contributed by atoms with Gasteiger partial charge in [-0.05, 0) is 48.4 Å². The Bertz CT molecular complexity index is 744. The Balaban J connectivity index is 1.58. The zero-order valence-corrected chi connectivity index (χ0v) is 14.8. The summed E-state index contributed by atoms with van der Waals surface area (Å²) in [5, 5.41) is 8.34. The molecule has 6 heteroatoms. The van der Waals surface area contributed by atoms with Crippen molar-refractivity contribution in [2.75, 3.05) is 12.4 Å². The summed E-state index contributed by atoms with van der Waals surface area (Å²) in [6, 6.07) is 15.0. The van der Waals surface area contributed by atoms with Gasteiger partial charge >= 0.3 is 6.03 Å². The van der Waals surface area contributed by atoms with E-state index in [-0.39, 0.29) is 18.0 Å². The number of hydrogen-bond acceptors (Lipinski definition) is 2. The molecule has 2 aromatic rings. The maximum atomic E-state index is 12.2. The van der Waals surface area contributed by atoms with Gasteiger partial charge in [-0.25, -0.2) is 4.79 Å². The highest BCUT2D eigenvalue weighted by molar-refractivity contribution is 9.10. The molecule has 1 fully saturated rings. The second-order valence-electron chi connectivity index (χ2n) is 5.76. The largest absolute Gasteiger partial charge is 0.341 e. The van der Waals surface area contributed by atoms with E-state index in [0.29, 0.717) is 11.5 Å². The number of hydrogen-bond donors (Lipinski definition) is 3. The van der Waals surface area contributed by atoms with Gasteiger partial charge in [-0.2, -0.15) is 0 Å². The fraction of sp³-hybridized carbons (Fsp3) is 0.222. The van der Waals surface area contributed by atoms with Crippen LogP contribution < -0.4 is 16.0 Å². The van der Waals surface area contributed by atoms with E-state index in [1.165, 1.54) is 0 Å². The molecule has 1 aliphatic carbocycles. The van der Waals surface area contributed by atoms with Gasteiger partial charge < -0.3 is 16.0 Å². The minimum atomic E-state index is -0.152. The molecule has 0 radical (unpaired) electrons. The van der Waals surface area contributed by atoms with Gasteiger partial charge in [-0.1, -0.05) is 28.1 Å². The number of carbonyl (C=O) groups excluding carboxylic acids is 2. The molecular weight excluding hydrogens is 370 g/mol. The molecule has 124 valence electrons. The summed E-state index contributed by atoms with van der Waals surface area (Å²) in [5.41, 5.74) is 2.53. The number of anilines is 1. The van der Waals surface area contributed by atoms with Crippen LogP contribution in [0.2, 0.25) is 0 Å². The maximum Gasteiger partial charge on any atom is 0.314 e. The van der Waals surface area contributed by atoms with Crippen molar-refractivity contribution in [2.24, 2.45) is 0 Å². The Kier molecular flexibility index (Phi) is 4.85. The third-order valence-electron chi connectivity index (χ3n) is 4.04. The average molecular weight is 388 g/mol. The maximum absolute atomic E-state index is 12.2. The Labute approximate surface area is 149 Å². The third-order valence-corrected chi connectivity index (χ3v) is 4.57. The van der Waals surface area contributed by atoms with Crippen molar-refractivity contribution >= 4 is 33.6 Å². The predicted molar refractivity (Wildman–Crippen MR) is 97.3 cm³/mol. The number of nitrogens with one attached hydrogen (secondary N) is 3. The number of benzene rings is 2. The first-order valence-corrected chi connectivity index (χ1v) is 8.51. The minimum Gasteiger partial charge on any atom is -0.341 e. The molecule has 1 aliphatic rings. The van der Waals surface area contributed by atoms with Crippen LogP contribution in [0.4, 0.5) is 10.5 Å². The molecular formula is C18H18BrN3O2. The fourth-order valence-corrected chi connectivity index (χ4v) is 2.85. The summed E-state index contributed by atoms with van der Waals surface area (Å²) in [6.07, 6.45) is 0.942. The highest BCUT2D eigenvalue weighted by atomic mass is 79.9. The Morgan fingerprint density at radius 3 is 2.33 bits per heavy atom. The monoisotopic (exact) mass is 387 g/mol. The quantitative estimate of drug-likeness (QED) is 0.751. The number of halogens is 1. The summed E-state index contributed by atoms with van der Waals surface area (Å²) >= 11 is 3.35. The van der Waals surface area contributed by atoms with Crippen LogP contribution in [0.5, 0.6) is 0 Å². The normalized spacial score (nSPS) is 18.6. The van der Waals surface area contributed by atoms with E-state index < -0.39 is 0 Å². The van der Waals surface area contributed by atoms with E-state index in [1.807, 2.05) is 36.4 Å². The molecule has 3 amide bonds. The van der Waals surface area contributed by atoms with Crippen molar-refractivity contribution in [2.45, 2.75) is 18.4 Å². The van der Waals surface area contributed by atoms with Gasteiger partial charge in [-0.3, -0.25) is 4.79 Å². The van der Waals surface area contributed by atoms with Gasteiger partial charge in [0.2, 0.25) is 0 Å². The lowest BCUT2D eigenvalue weighted by Crippen LogP contribution is -2.34. The molecule has 2 aromatic carbocycles. The fourth-order valence-electron chi connectivity index (χ4n) is 2.58. The summed E-state index contributed by atoms with van der Waals surface area (Å²) in [6.45, 7) is 0. The van der Waals surface area contributed by atoms with Crippen LogP contribution in [-0.4, -0.2) is 25.0 Å². The molecule has 0 bridgehead atoms. The number of amides is 3. The van der Waals surface area contributed by atoms with Crippen LogP contribution in [0, 0.1) is 0 Å². The molecule has 24 heavy (non-hydrogen) atoms. The zero-order valence-electron chi connectivity index (χ0n) is 13.2. The average Bonchev–Trinajstić information content (AvgIpc) is 3.35. The number of rotatable bonds is 4. The Hall–Kier alpha value is -2.34. The van der Waals surface area contributed by atoms with Crippen molar-refractivity contribution in [1.82, 2.24) is 10.6 Å². The smallest absolute Gasteiger partial charge is 0.314 e. The second kappa shape index (κ2) is 7.05. The lowest BCUT2D eigenvalue weighted by molar-refractivity contribution is 0.102. The first kappa shape index (κ1) is 16.5. The third kappa shape index (κ3) is 3.94. The molecule has 0 heterocycles. The molecule has 5 nitrogen and oxygen atoms in total. The lowest BCUT2D eigenvalue weighted by atomic mass is 10.1. The highest BCUT2D eigenvalue weighted by Gasteiger charge is 2.39. The van der Waals surface area contributed by atoms with Crippen LogP contribution in [-0.2, 0) is 0 Å². The molecule has 3 N–H and O–H groups in total. The van der Waals surface area contributed by atoms with Crippen LogP contribution >= 0.6 is 15.9 Å². The van der Waals surface area contributed by atoms with E-state index in [9.17, 15) is 9.59 Å². The van der Waals surface area contributed by atoms with Gasteiger partial charge in [-0.15, -0.1) is 0 Å². The van der Waals surface area contributed by atoms with Crippen LogP contribution in [0.25, 0.3) is 0 Å². The van der Waals surface area contributed by atoms with E-state index in [1.54, 1.807) is 19.2 Å². The van der Waals surface area contributed by atoms with E-state index in [0.717, 1.165) is 22.1 Å². The van der Waals surface area contributed by atoms with Crippen LogP contribution in [0.1, 0.15) is 28.3 Å². The first-order valence-electron chi connectivity index (χ1n) is 7.72. The number of urea groups is 1.